The van der Waals surface area contributed by atoms with Gasteiger partial charge in [-0.15, -0.1) is 11.3 Å². The molecule has 0 aliphatic carbocycles. The van der Waals surface area contributed by atoms with Crippen LogP contribution in [0, 0.1) is 0 Å². The zero-order valence-corrected chi connectivity index (χ0v) is 27.9. The summed E-state index contributed by atoms with van der Waals surface area (Å²) in [4.78, 5) is 110. The highest BCUT2D eigenvalue weighted by Gasteiger charge is 2.52. The van der Waals surface area contributed by atoms with Gasteiger partial charge in [-0.2, -0.15) is 0 Å². The van der Waals surface area contributed by atoms with E-state index in [0.29, 0.717) is 17.0 Å². The molecule has 2 atom stereocenters. The summed E-state index contributed by atoms with van der Waals surface area (Å²) >= 11 is 7.25. The molecule has 2 aromatic rings. The minimum absolute atomic E-state index is 0.00473. The number of nitrogen functional groups attached to an aromatic ring is 1. The number of thiazole rings is 1. The van der Waals surface area contributed by atoms with Gasteiger partial charge in [-0.1, -0.05) is 16.8 Å². The van der Waals surface area contributed by atoms with Crippen LogP contribution in [0.15, 0.2) is 22.7 Å². The van der Waals surface area contributed by atoms with Gasteiger partial charge in [0.1, 0.15) is 36.7 Å². The first-order chi connectivity index (χ1) is 23.3. The van der Waals surface area contributed by atoms with Crippen molar-refractivity contribution in [2.75, 3.05) is 25.4 Å². The maximum atomic E-state index is 13.3. The number of Topliss-reactive ketones (excluding diaryl/α,β-unsaturated/α-hetero) is 1. The van der Waals surface area contributed by atoms with Gasteiger partial charge in [0.25, 0.3) is 23.5 Å². The van der Waals surface area contributed by atoms with E-state index >= 15 is 0 Å². The van der Waals surface area contributed by atoms with Crippen LogP contribution in [0.2, 0.25) is 5.02 Å². The van der Waals surface area contributed by atoms with E-state index in [2.05, 4.69) is 15.5 Å². The fourth-order valence-corrected chi connectivity index (χ4v) is 6.06. The topological polar surface area (TPSA) is 312 Å². The number of piperazine rings is 1. The Kier molecular flexibility index (Phi) is 10.7. The number of likely N-dealkylation sites (tertiary alicyclic amines) is 1. The summed E-state index contributed by atoms with van der Waals surface area (Å²) in [7, 11) is 0. The number of nitrogens with two attached hydrogens (primary N) is 1. The summed E-state index contributed by atoms with van der Waals surface area (Å²) in [5.41, 5.74) is 4.45. The molecule has 1 aromatic heterocycles. The van der Waals surface area contributed by atoms with Crippen molar-refractivity contribution in [3.05, 3.63) is 33.8 Å². The second-order valence-electron chi connectivity index (χ2n) is 10.7. The van der Waals surface area contributed by atoms with E-state index < -0.39 is 112 Å². The highest BCUT2D eigenvalue weighted by Crippen LogP contribution is 2.36. The molecule has 24 heteroatoms. The average Bonchev–Trinajstić information content (AvgIpc) is 3.47. The number of anilines is 1. The highest BCUT2D eigenvalue weighted by atomic mass is 35.5. The van der Waals surface area contributed by atoms with Gasteiger partial charge in [0.15, 0.2) is 22.3 Å². The predicted octanol–water partition coefficient (Wildman–Crippen LogP) is -1.66. The molecule has 0 unspecified atom stereocenters. The average molecular weight is 757 g/mol. The number of β-lactam (4-membered cyclic amide) rings is 1. The first-order valence-electron chi connectivity index (χ1n) is 13.7. The molecule has 1 aromatic carbocycles. The van der Waals surface area contributed by atoms with Crippen LogP contribution in [0.3, 0.4) is 0 Å². The molecule has 50 heavy (non-hydrogen) atoms. The summed E-state index contributed by atoms with van der Waals surface area (Å²) in [5, 5.41) is 43.8. The minimum atomic E-state index is -1.90. The van der Waals surface area contributed by atoms with Crippen molar-refractivity contribution in [1.82, 2.24) is 29.9 Å². The molecule has 2 saturated heterocycles. The lowest BCUT2D eigenvalue weighted by Crippen LogP contribution is -2.71. The van der Waals surface area contributed by atoms with Crippen molar-refractivity contribution < 1.29 is 63.6 Å². The molecule has 0 radical (unpaired) electrons. The van der Waals surface area contributed by atoms with Crippen molar-refractivity contribution in [2.45, 2.75) is 30.9 Å². The number of aliphatic carboxylic acids is 2. The number of hydrogen-bond donors (Lipinski definition) is 7. The molecule has 2 aliphatic heterocycles. The molecule has 21 nitrogen and oxygen atoms in total. The Morgan fingerprint density at radius 2 is 1.80 bits per heavy atom. The number of carboxylic acid groups (broad SMARTS) is 2. The number of nitrogens with zero attached hydrogens (tertiary/aromatic N) is 5. The van der Waals surface area contributed by atoms with E-state index in [9.17, 15) is 58.8 Å². The van der Waals surface area contributed by atoms with E-state index in [1.807, 2.05) is 5.43 Å². The number of amides is 5. The lowest BCUT2D eigenvalue weighted by molar-refractivity contribution is -0.161. The lowest BCUT2D eigenvalue weighted by Gasteiger charge is -2.47. The third-order valence-electron chi connectivity index (χ3n) is 6.76. The fourth-order valence-electron chi connectivity index (χ4n) is 4.05. The van der Waals surface area contributed by atoms with Gasteiger partial charge in [-0.05, 0) is 37.9 Å². The highest BCUT2D eigenvalue weighted by molar-refractivity contribution is 7.98. The lowest BCUT2D eigenvalue weighted by atomic mass is 10.1. The van der Waals surface area contributed by atoms with E-state index in [1.165, 1.54) is 5.38 Å². The van der Waals surface area contributed by atoms with Crippen molar-refractivity contribution in [1.29, 1.82) is 0 Å². The molecule has 4 rings (SSSR count). The number of ketones is 1. The maximum Gasteiger partial charge on any atom is 0.350 e. The van der Waals surface area contributed by atoms with E-state index in [1.54, 1.807) is 0 Å². The van der Waals surface area contributed by atoms with Crippen LogP contribution < -0.4 is 16.5 Å². The third-order valence-corrected chi connectivity index (χ3v) is 9.15. The van der Waals surface area contributed by atoms with Crippen molar-refractivity contribution >= 4 is 93.0 Å². The Morgan fingerprint density at radius 1 is 1.12 bits per heavy atom. The van der Waals surface area contributed by atoms with Crippen LogP contribution >= 0.6 is 34.9 Å². The summed E-state index contributed by atoms with van der Waals surface area (Å²) in [6.07, 6.45) is 0. The molecule has 5 amide bonds. The number of aromatic nitrogens is 1. The number of oxime groups is 1. The summed E-state index contributed by atoms with van der Waals surface area (Å²) in [6, 6.07) is 0.339. The van der Waals surface area contributed by atoms with Crippen molar-refractivity contribution in [3.63, 3.8) is 0 Å². The van der Waals surface area contributed by atoms with Gasteiger partial charge >= 0.3 is 17.8 Å². The molecular formula is C26H25ClN8O13S2. The van der Waals surface area contributed by atoms with Gasteiger partial charge < -0.3 is 41.2 Å². The maximum absolute atomic E-state index is 13.3. The number of hydrazine groups is 1. The molecule has 0 spiro atoms. The SMILES string of the molecule is CC(C)(O/N=C(\C(=O)N[C@@H]1C(=O)N(CC(=O)O)[C@@H]1SN1CC(=O)N(NC(=O)C(=O)c2ccc(O)c(O)c2Cl)CC1=O)c1csc(N)n1)C(=O)O. The number of carboxylic acids is 2. The largest absolute Gasteiger partial charge is 0.504 e. The van der Waals surface area contributed by atoms with Gasteiger partial charge in [-0.3, -0.25) is 43.3 Å². The Bertz CT molecular complexity index is 1850. The number of phenolic OH excluding ortho intramolecular Hbond substituents is 2. The number of hydrogen-bond acceptors (Lipinski definition) is 16. The summed E-state index contributed by atoms with van der Waals surface area (Å²) in [5.74, 6) is -10.9. The van der Waals surface area contributed by atoms with Crippen LogP contribution in [-0.2, 0) is 38.4 Å². The van der Waals surface area contributed by atoms with Crippen LogP contribution in [0.25, 0.3) is 0 Å². The monoisotopic (exact) mass is 756 g/mol. The number of rotatable bonds is 13. The quantitative estimate of drug-likeness (QED) is 0.0229. The van der Waals surface area contributed by atoms with Crippen LogP contribution in [0.4, 0.5) is 5.13 Å². The smallest absolute Gasteiger partial charge is 0.350 e. The Labute approximate surface area is 292 Å². The van der Waals surface area contributed by atoms with E-state index in [0.717, 1.165) is 46.5 Å². The molecular weight excluding hydrogens is 732 g/mol. The Hall–Kier alpha value is -5.68. The standard InChI is InChI=1S/C26H25ClN8O13S2/c1-26(2,24(46)47)48-32-16(10-8-49-25(28)29-10)20(43)30-17-22(45)33(7-14(39)40)23(17)50-35-6-12(37)34(5-13(35)38)31-21(44)18(41)9-3-4-11(36)19(42)15(9)27/h3-4,8,17,23,36,42H,5-7H2,1-2H3,(H2,28,29)(H,30,43)(H,31,44)(H,39,40)(H,46,47)/b32-16-/t17-,23-/m1/s1. The third kappa shape index (κ3) is 7.79. The van der Waals surface area contributed by atoms with Crippen LogP contribution in [0.5, 0.6) is 11.5 Å². The number of nitrogens with one attached hydrogen (secondary N) is 2. The zero-order valence-electron chi connectivity index (χ0n) is 25.5. The van der Waals surface area contributed by atoms with Gasteiger partial charge in [-0.25, -0.2) is 14.8 Å². The number of halogens is 1. The molecule has 2 aliphatic rings. The molecule has 0 bridgehead atoms. The Morgan fingerprint density at radius 3 is 2.40 bits per heavy atom. The first kappa shape index (κ1) is 37.1. The molecule has 3 heterocycles. The van der Waals surface area contributed by atoms with Gasteiger partial charge in [0.05, 0.1) is 10.6 Å². The second-order valence-corrected chi connectivity index (χ2v) is 13.1. The van der Waals surface area contributed by atoms with E-state index in [4.69, 9.17) is 22.2 Å². The molecule has 2 fully saturated rings. The number of aromatic hydroxyl groups is 2. The predicted molar refractivity (Wildman–Crippen MR) is 169 cm³/mol. The normalized spacial score (nSPS) is 18.0. The summed E-state index contributed by atoms with van der Waals surface area (Å²) in [6.45, 7) is -0.150. The van der Waals surface area contributed by atoms with Gasteiger partial charge in [0, 0.05) is 5.38 Å². The molecule has 8 N–H and O–H groups in total. The number of carbonyl (C=O) groups is 8. The number of carbonyl (C=O) groups excluding carboxylic acids is 6. The molecule has 266 valence electrons. The van der Waals surface area contributed by atoms with Crippen LogP contribution in [0.1, 0.15) is 29.9 Å². The Balaban J connectivity index is 1.49. The fraction of sp³-hybridized carbons (Fsp3) is 0.308. The number of benzene rings is 1. The molecule has 0 saturated carbocycles. The first-order valence-corrected chi connectivity index (χ1v) is 15.8. The number of phenols is 2. The van der Waals surface area contributed by atoms with Crippen LogP contribution in [-0.4, -0.2) is 129 Å². The van der Waals surface area contributed by atoms with Crippen molar-refractivity contribution in [3.8, 4) is 11.5 Å². The minimum Gasteiger partial charge on any atom is -0.504 e. The van der Waals surface area contributed by atoms with Crippen molar-refractivity contribution in [2.24, 2.45) is 5.16 Å². The zero-order chi connectivity index (χ0) is 37.2. The summed E-state index contributed by atoms with van der Waals surface area (Å²) < 4.78 is 0.849. The second kappa shape index (κ2) is 14.4. The van der Waals surface area contributed by atoms with Gasteiger partial charge in [0.2, 0.25) is 11.5 Å². The van der Waals surface area contributed by atoms with E-state index in [-0.39, 0.29) is 10.8 Å².